The standard InChI is InChI=1S/C14H16N2O3/c1-16-8-9(7-15-16)14-6-12(17)11-5-10(18-2)3-4-13(11)19-14/h3-5,7-8,12,14,17H,6H2,1-2H3/t12-,14?/m1/s1. The van der Waals surface area contributed by atoms with Crippen LogP contribution in [-0.2, 0) is 7.05 Å². The van der Waals surface area contributed by atoms with Gasteiger partial charge in [0, 0.05) is 30.8 Å². The van der Waals surface area contributed by atoms with E-state index >= 15 is 0 Å². The summed E-state index contributed by atoms with van der Waals surface area (Å²) in [6, 6.07) is 5.48. The molecule has 0 radical (unpaired) electrons. The third kappa shape index (κ3) is 2.17. The van der Waals surface area contributed by atoms with Crippen molar-refractivity contribution in [2.24, 2.45) is 7.05 Å². The molecule has 1 N–H and O–H groups in total. The summed E-state index contributed by atoms with van der Waals surface area (Å²) >= 11 is 0. The molecule has 3 rings (SSSR count). The Balaban J connectivity index is 1.92. The molecule has 1 aliphatic heterocycles. The zero-order valence-electron chi connectivity index (χ0n) is 10.9. The molecule has 0 fully saturated rings. The maximum atomic E-state index is 10.3. The first kappa shape index (κ1) is 12.0. The minimum absolute atomic E-state index is 0.162. The number of fused-ring (bicyclic) bond motifs is 1. The molecule has 19 heavy (non-hydrogen) atoms. The Morgan fingerprint density at radius 1 is 1.47 bits per heavy atom. The number of rotatable bonds is 2. The first-order chi connectivity index (χ1) is 9.17. The second-order valence-corrected chi connectivity index (χ2v) is 4.71. The second-order valence-electron chi connectivity index (χ2n) is 4.71. The van der Waals surface area contributed by atoms with Gasteiger partial charge in [0.1, 0.15) is 17.6 Å². The molecule has 100 valence electrons. The minimum atomic E-state index is -0.552. The average Bonchev–Trinajstić information content (AvgIpc) is 2.85. The van der Waals surface area contributed by atoms with Gasteiger partial charge < -0.3 is 14.6 Å². The lowest BCUT2D eigenvalue weighted by Crippen LogP contribution is -2.18. The molecule has 5 heteroatoms. The van der Waals surface area contributed by atoms with Crippen molar-refractivity contribution >= 4 is 0 Å². The van der Waals surface area contributed by atoms with E-state index in [-0.39, 0.29) is 6.10 Å². The van der Waals surface area contributed by atoms with Crippen LogP contribution in [0.2, 0.25) is 0 Å². The van der Waals surface area contributed by atoms with E-state index in [9.17, 15) is 5.11 Å². The van der Waals surface area contributed by atoms with Crippen molar-refractivity contribution in [1.29, 1.82) is 0 Å². The molecule has 0 aliphatic carbocycles. The van der Waals surface area contributed by atoms with Gasteiger partial charge in [0.2, 0.25) is 0 Å². The minimum Gasteiger partial charge on any atom is -0.497 e. The van der Waals surface area contributed by atoms with Gasteiger partial charge in [-0.1, -0.05) is 0 Å². The molecule has 0 bridgehead atoms. The molecular weight excluding hydrogens is 244 g/mol. The largest absolute Gasteiger partial charge is 0.497 e. The zero-order chi connectivity index (χ0) is 13.4. The van der Waals surface area contributed by atoms with Crippen molar-refractivity contribution in [3.05, 3.63) is 41.7 Å². The number of methoxy groups -OCH3 is 1. The first-order valence-electron chi connectivity index (χ1n) is 6.18. The fourth-order valence-corrected chi connectivity index (χ4v) is 2.36. The van der Waals surface area contributed by atoms with Crippen LogP contribution in [0.3, 0.4) is 0 Å². The number of nitrogens with zero attached hydrogens (tertiary/aromatic N) is 2. The van der Waals surface area contributed by atoms with Crippen LogP contribution < -0.4 is 9.47 Å². The zero-order valence-corrected chi connectivity index (χ0v) is 10.9. The van der Waals surface area contributed by atoms with E-state index in [1.54, 1.807) is 18.0 Å². The third-order valence-corrected chi connectivity index (χ3v) is 3.38. The molecule has 5 nitrogen and oxygen atoms in total. The van der Waals surface area contributed by atoms with Crippen molar-refractivity contribution in [1.82, 2.24) is 9.78 Å². The summed E-state index contributed by atoms with van der Waals surface area (Å²) in [5, 5.41) is 14.4. The number of aryl methyl sites for hydroxylation is 1. The molecule has 0 saturated carbocycles. The van der Waals surface area contributed by atoms with Gasteiger partial charge in [-0.3, -0.25) is 4.68 Å². The molecule has 0 saturated heterocycles. The summed E-state index contributed by atoms with van der Waals surface area (Å²) in [5.41, 5.74) is 1.75. The fourth-order valence-electron chi connectivity index (χ4n) is 2.36. The highest BCUT2D eigenvalue weighted by molar-refractivity contribution is 5.43. The van der Waals surface area contributed by atoms with Gasteiger partial charge >= 0.3 is 0 Å². The van der Waals surface area contributed by atoms with Gasteiger partial charge in [-0.25, -0.2) is 0 Å². The van der Waals surface area contributed by atoms with Crippen molar-refractivity contribution in [3.8, 4) is 11.5 Å². The second kappa shape index (κ2) is 4.59. The summed E-state index contributed by atoms with van der Waals surface area (Å²) in [5.74, 6) is 1.43. The van der Waals surface area contributed by atoms with E-state index in [4.69, 9.17) is 9.47 Å². The fraction of sp³-hybridized carbons (Fsp3) is 0.357. The van der Waals surface area contributed by atoms with E-state index in [0.29, 0.717) is 12.2 Å². The number of aromatic nitrogens is 2. The summed E-state index contributed by atoms with van der Waals surface area (Å²) in [7, 11) is 3.47. The van der Waals surface area contributed by atoms with Crippen LogP contribution in [0.1, 0.15) is 29.8 Å². The number of hydrogen-bond donors (Lipinski definition) is 1. The van der Waals surface area contributed by atoms with Gasteiger partial charge in [-0.05, 0) is 18.2 Å². The first-order valence-corrected chi connectivity index (χ1v) is 6.18. The lowest BCUT2D eigenvalue weighted by Gasteiger charge is -2.29. The Kier molecular flexibility index (Phi) is 2.91. The molecule has 1 aromatic carbocycles. The highest BCUT2D eigenvalue weighted by Gasteiger charge is 2.29. The van der Waals surface area contributed by atoms with E-state index in [1.165, 1.54) is 0 Å². The van der Waals surface area contributed by atoms with Gasteiger partial charge in [0.05, 0.1) is 19.4 Å². The molecule has 1 aromatic heterocycles. The predicted octanol–water partition coefficient (Wildman–Crippen LogP) is 1.99. The molecule has 2 aromatic rings. The number of aliphatic hydroxyl groups excluding tert-OH is 1. The third-order valence-electron chi connectivity index (χ3n) is 3.38. The Morgan fingerprint density at radius 2 is 2.32 bits per heavy atom. The van der Waals surface area contributed by atoms with Crippen LogP contribution in [0.25, 0.3) is 0 Å². The molecular formula is C14H16N2O3. The molecule has 1 unspecified atom stereocenters. The van der Waals surface area contributed by atoms with Crippen LogP contribution in [0.5, 0.6) is 11.5 Å². The molecule has 1 aliphatic rings. The Labute approximate surface area is 111 Å². The number of ether oxygens (including phenoxy) is 2. The number of hydrogen-bond acceptors (Lipinski definition) is 4. The SMILES string of the molecule is COc1ccc2c(c1)[C@H](O)CC(c1cnn(C)c1)O2. The topological polar surface area (TPSA) is 56.5 Å². The summed E-state index contributed by atoms with van der Waals surface area (Å²) in [4.78, 5) is 0. The van der Waals surface area contributed by atoms with Gasteiger partial charge in [0.15, 0.2) is 0 Å². The van der Waals surface area contributed by atoms with Crippen LogP contribution in [-0.4, -0.2) is 22.0 Å². The maximum absolute atomic E-state index is 10.3. The molecule has 2 atom stereocenters. The van der Waals surface area contributed by atoms with Crippen LogP contribution >= 0.6 is 0 Å². The normalized spacial score (nSPS) is 21.6. The van der Waals surface area contributed by atoms with Crippen molar-refractivity contribution in [2.45, 2.75) is 18.6 Å². The van der Waals surface area contributed by atoms with E-state index < -0.39 is 6.10 Å². The lowest BCUT2D eigenvalue weighted by atomic mass is 9.96. The number of aliphatic hydroxyl groups is 1. The van der Waals surface area contributed by atoms with Crippen LogP contribution in [0, 0.1) is 0 Å². The molecule has 0 amide bonds. The smallest absolute Gasteiger partial charge is 0.130 e. The van der Waals surface area contributed by atoms with Gasteiger partial charge in [-0.15, -0.1) is 0 Å². The van der Waals surface area contributed by atoms with Crippen molar-refractivity contribution in [3.63, 3.8) is 0 Å². The van der Waals surface area contributed by atoms with Crippen LogP contribution in [0.15, 0.2) is 30.6 Å². The Morgan fingerprint density at radius 3 is 3.00 bits per heavy atom. The lowest BCUT2D eigenvalue weighted by molar-refractivity contribution is 0.0654. The Hall–Kier alpha value is -2.01. The van der Waals surface area contributed by atoms with Gasteiger partial charge in [-0.2, -0.15) is 5.10 Å². The highest BCUT2D eigenvalue weighted by atomic mass is 16.5. The average molecular weight is 260 g/mol. The van der Waals surface area contributed by atoms with Crippen LogP contribution in [0.4, 0.5) is 0 Å². The van der Waals surface area contributed by atoms with E-state index in [0.717, 1.165) is 16.9 Å². The monoisotopic (exact) mass is 260 g/mol. The van der Waals surface area contributed by atoms with Crippen molar-refractivity contribution in [2.75, 3.05) is 7.11 Å². The van der Waals surface area contributed by atoms with Gasteiger partial charge in [0.25, 0.3) is 0 Å². The number of benzene rings is 1. The quantitative estimate of drug-likeness (QED) is 0.897. The predicted molar refractivity (Wildman–Crippen MR) is 69.1 cm³/mol. The van der Waals surface area contributed by atoms with Crippen molar-refractivity contribution < 1.29 is 14.6 Å². The van der Waals surface area contributed by atoms with E-state index in [2.05, 4.69) is 5.10 Å². The van der Waals surface area contributed by atoms with E-state index in [1.807, 2.05) is 31.4 Å². The summed E-state index contributed by atoms with van der Waals surface area (Å²) < 4.78 is 12.8. The highest BCUT2D eigenvalue weighted by Crippen LogP contribution is 2.41. The Bertz CT molecular complexity index is 594. The summed E-state index contributed by atoms with van der Waals surface area (Å²) in [6.07, 6.45) is 3.48. The molecule has 2 heterocycles. The summed E-state index contributed by atoms with van der Waals surface area (Å²) in [6.45, 7) is 0. The molecule has 0 spiro atoms. The maximum Gasteiger partial charge on any atom is 0.130 e.